The number of methoxy groups -OCH3 is 1. The third-order valence-electron chi connectivity index (χ3n) is 6.40. The molecule has 0 N–H and O–H groups in total. The summed E-state index contributed by atoms with van der Waals surface area (Å²) in [5, 5.41) is 5.90. The molecule has 0 aliphatic heterocycles. The van der Waals surface area contributed by atoms with E-state index >= 15 is 0 Å². The minimum Gasteiger partial charge on any atom is -0.466 e. The van der Waals surface area contributed by atoms with Crippen LogP contribution in [0.15, 0.2) is 97.5 Å². The van der Waals surface area contributed by atoms with Crippen LogP contribution in [0.5, 0.6) is 0 Å². The molecule has 8 heteroatoms. The van der Waals surface area contributed by atoms with Gasteiger partial charge in [0.15, 0.2) is 0 Å². The molecule has 0 bridgehead atoms. The van der Waals surface area contributed by atoms with Crippen molar-refractivity contribution >= 4 is 46.1 Å². The summed E-state index contributed by atoms with van der Waals surface area (Å²) >= 11 is 6.78. The van der Waals surface area contributed by atoms with E-state index in [9.17, 15) is 9.59 Å². The average molecular weight is 537 g/mol. The summed E-state index contributed by atoms with van der Waals surface area (Å²) in [6.45, 7) is 0.223. The van der Waals surface area contributed by atoms with Gasteiger partial charge < -0.3 is 9.64 Å². The highest BCUT2D eigenvalue weighted by Gasteiger charge is 2.20. The normalized spacial score (nSPS) is 11.2. The molecule has 0 atom stereocenters. The summed E-state index contributed by atoms with van der Waals surface area (Å²) in [7, 11) is 3.23. The number of rotatable bonds is 7. The van der Waals surface area contributed by atoms with Gasteiger partial charge >= 0.3 is 5.97 Å². The van der Waals surface area contributed by atoms with Crippen LogP contribution in [0.25, 0.3) is 28.1 Å². The molecular weight excluding hydrogens is 512 g/mol. The van der Waals surface area contributed by atoms with E-state index in [0.29, 0.717) is 21.8 Å². The van der Waals surface area contributed by atoms with Gasteiger partial charge in [-0.2, -0.15) is 5.10 Å². The maximum atomic E-state index is 13.7. The Morgan fingerprint density at radius 3 is 2.51 bits per heavy atom. The van der Waals surface area contributed by atoms with Gasteiger partial charge in [0.25, 0.3) is 5.91 Å². The molecular formula is C31H25ClN4O3. The van der Waals surface area contributed by atoms with Gasteiger partial charge in [-0.15, -0.1) is 0 Å². The molecule has 2 heterocycles. The van der Waals surface area contributed by atoms with Crippen LogP contribution < -0.4 is 4.90 Å². The van der Waals surface area contributed by atoms with Crippen molar-refractivity contribution in [3.8, 4) is 11.1 Å². The van der Waals surface area contributed by atoms with Crippen LogP contribution in [0.1, 0.15) is 21.5 Å². The molecule has 3 aromatic carbocycles. The van der Waals surface area contributed by atoms with Gasteiger partial charge in [0.2, 0.25) is 0 Å². The summed E-state index contributed by atoms with van der Waals surface area (Å²) in [5.74, 6) is -0.680. The van der Waals surface area contributed by atoms with E-state index in [1.54, 1.807) is 41.6 Å². The molecule has 0 unspecified atom stereocenters. The fourth-order valence-corrected chi connectivity index (χ4v) is 4.54. The highest BCUT2D eigenvalue weighted by atomic mass is 35.5. The Labute approximate surface area is 230 Å². The molecule has 39 heavy (non-hydrogen) atoms. The molecule has 0 aliphatic carbocycles. The van der Waals surface area contributed by atoms with E-state index < -0.39 is 5.97 Å². The number of halogens is 1. The van der Waals surface area contributed by atoms with E-state index in [0.717, 1.165) is 27.6 Å². The maximum Gasteiger partial charge on any atom is 0.330 e. The van der Waals surface area contributed by atoms with E-state index in [-0.39, 0.29) is 12.5 Å². The summed E-state index contributed by atoms with van der Waals surface area (Å²) in [5.41, 5.74) is 5.57. The number of esters is 1. The van der Waals surface area contributed by atoms with Gasteiger partial charge in [0, 0.05) is 35.3 Å². The quantitative estimate of drug-likeness (QED) is 0.180. The zero-order chi connectivity index (χ0) is 27.4. The molecule has 194 valence electrons. The summed E-state index contributed by atoms with van der Waals surface area (Å²) in [4.78, 5) is 31.1. The van der Waals surface area contributed by atoms with Crippen LogP contribution in [0.2, 0.25) is 5.02 Å². The number of hydrogen-bond acceptors (Lipinski definition) is 5. The molecule has 0 spiro atoms. The monoisotopic (exact) mass is 536 g/mol. The van der Waals surface area contributed by atoms with Crippen molar-refractivity contribution in [3.63, 3.8) is 0 Å². The minimum atomic E-state index is -0.479. The molecule has 0 saturated carbocycles. The number of anilines is 1. The van der Waals surface area contributed by atoms with Crippen LogP contribution in [-0.4, -0.2) is 33.8 Å². The first kappa shape index (κ1) is 25.9. The Morgan fingerprint density at radius 2 is 1.74 bits per heavy atom. The SMILES string of the molecule is COC(=O)C=Cc1cncc(N(Cc2ccc(-c3ccc4c(cnn4C)c3)cc2Cl)C(=O)c2ccccc2)c1. The van der Waals surface area contributed by atoms with E-state index in [4.69, 9.17) is 11.6 Å². The van der Waals surface area contributed by atoms with Gasteiger partial charge in [-0.25, -0.2) is 4.79 Å². The van der Waals surface area contributed by atoms with E-state index in [2.05, 4.69) is 20.9 Å². The number of amides is 1. The molecule has 0 radical (unpaired) electrons. The fourth-order valence-electron chi connectivity index (χ4n) is 4.30. The maximum absolute atomic E-state index is 13.7. The Balaban J connectivity index is 1.48. The Hall–Kier alpha value is -4.75. The van der Waals surface area contributed by atoms with Crippen molar-refractivity contribution in [2.75, 3.05) is 12.0 Å². The molecule has 0 saturated heterocycles. The number of aromatic nitrogens is 3. The highest BCUT2D eigenvalue weighted by Crippen LogP contribution is 2.30. The van der Waals surface area contributed by atoms with Gasteiger partial charge in [-0.1, -0.05) is 48.0 Å². The summed E-state index contributed by atoms with van der Waals surface area (Å²) in [6, 6.07) is 22.8. The molecule has 0 fully saturated rings. The number of ether oxygens (including phenoxy) is 1. The van der Waals surface area contributed by atoms with Gasteiger partial charge in [-0.05, 0) is 64.7 Å². The van der Waals surface area contributed by atoms with Gasteiger partial charge in [-0.3, -0.25) is 14.5 Å². The van der Waals surface area contributed by atoms with Crippen molar-refractivity contribution < 1.29 is 14.3 Å². The second-order valence-corrected chi connectivity index (χ2v) is 9.35. The number of pyridine rings is 1. The van der Waals surface area contributed by atoms with Crippen molar-refractivity contribution in [2.24, 2.45) is 7.05 Å². The van der Waals surface area contributed by atoms with Crippen LogP contribution in [0, 0.1) is 0 Å². The van der Waals surface area contributed by atoms with Crippen LogP contribution in [0.4, 0.5) is 5.69 Å². The van der Waals surface area contributed by atoms with Crippen molar-refractivity contribution in [1.29, 1.82) is 0 Å². The molecule has 7 nitrogen and oxygen atoms in total. The number of carbonyl (C=O) groups excluding carboxylic acids is 2. The lowest BCUT2D eigenvalue weighted by Crippen LogP contribution is -2.30. The van der Waals surface area contributed by atoms with E-state index in [1.165, 1.54) is 13.2 Å². The first-order valence-corrected chi connectivity index (χ1v) is 12.6. The second-order valence-electron chi connectivity index (χ2n) is 8.94. The largest absolute Gasteiger partial charge is 0.466 e. The van der Waals surface area contributed by atoms with Crippen molar-refractivity contribution in [3.05, 3.63) is 119 Å². The number of nitrogens with zero attached hydrogens (tertiary/aromatic N) is 4. The lowest BCUT2D eigenvalue weighted by atomic mass is 10.0. The highest BCUT2D eigenvalue weighted by molar-refractivity contribution is 6.31. The van der Waals surface area contributed by atoms with Crippen molar-refractivity contribution in [2.45, 2.75) is 6.54 Å². The number of benzene rings is 3. The molecule has 0 aliphatic rings. The number of hydrogen-bond donors (Lipinski definition) is 0. The molecule has 1 amide bonds. The lowest BCUT2D eigenvalue weighted by Gasteiger charge is -2.24. The molecule has 2 aromatic heterocycles. The first-order valence-electron chi connectivity index (χ1n) is 12.2. The summed E-state index contributed by atoms with van der Waals surface area (Å²) < 4.78 is 6.51. The van der Waals surface area contributed by atoms with Crippen LogP contribution in [-0.2, 0) is 23.1 Å². The van der Waals surface area contributed by atoms with Crippen molar-refractivity contribution in [1.82, 2.24) is 14.8 Å². The third kappa shape index (κ3) is 5.73. The lowest BCUT2D eigenvalue weighted by molar-refractivity contribution is -0.134. The predicted octanol–water partition coefficient (Wildman–Crippen LogP) is 6.32. The fraction of sp³-hybridized carbons (Fsp3) is 0.0968. The third-order valence-corrected chi connectivity index (χ3v) is 6.75. The number of fused-ring (bicyclic) bond motifs is 1. The average Bonchev–Trinajstić information content (AvgIpc) is 3.35. The van der Waals surface area contributed by atoms with Gasteiger partial charge in [0.1, 0.15) is 0 Å². The Kier molecular flexibility index (Phi) is 7.52. The zero-order valence-electron chi connectivity index (χ0n) is 21.4. The number of aryl methyl sites for hydroxylation is 1. The first-order chi connectivity index (χ1) is 18.9. The second kappa shape index (κ2) is 11.3. The standard InChI is InChI=1S/C31H25ClN4O3/c1-35-29-12-11-23(15-26(29)18-34-35)24-9-10-25(28(32)16-24)20-36(31(38)22-6-4-3-5-7-22)27-14-21(17-33-19-27)8-13-30(37)39-2/h3-19H,20H2,1-2H3. The van der Waals surface area contributed by atoms with Crippen LogP contribution >= 0.6 is 11.6 Å². The Morgan fingerprint density at radius 1 is 0.974 bits per heavy atom. The van der Waals surface area contributed by atoms with Crippen LogP contribution in [0.3, 0.4) is 0 Å². The van der Waals surface area contributed by atoms with Gasteiger partial charge in [0.05, 0.1) is 37.3 Å². The topological polar surface area (TPSA) is 77.3 Å². The Bertz CT molecular complexity index is 1700. The molecule has 5 rings (SSSR count). The molecule has 5 aromatic rings. The zero-order valence-corrected chi connectivity index (χ0v) is 22.2. The number of carbonyl (C=O) groups is 2. The minimum absolute atomic E-state index is 0.200. The predicted molar refractivity (Wildman–Crippen MR) is 153 cm³/mol. The smallest absolute Gasteiger partial charge is 0.330 e. The van der Waals surface area contributed by atoms with E-state index in [1.807, 2.05) is 66.5 Å². The summed E-state index contributed by atoms with van der Waals surface area (Å²) in [6.07, 6.45) is 7.96.